The molecule has 2 atom stereocenters. The van der Waals surface area contributed by atoms with Crippen molar-refractivity contribution in [2.75, 3.05) is 27.2 Å². The molecular formula is C13H22N2S. The topological polar surface area (TPSA) is 15.3 Å². The minimum absolute atomic E-state index is 0.637. The third-order valence-corrected chi connectivity index (χ3v) is 4.86. The van der Waals surface area contributed by atoms with Crippen LogP contribution in [0.3, 0.4) is 0 Å². The summed E-state index contributed by atoms with van der Waals surface area (Å²) in [4.78, 5) is 5.57. The molecule has 2 rings (SSSR count). The van der Waals surface area contributed by atoms with Crippen molar-refractivity contribution in [1.82, 2.24) is 10.2 Å². The fourth-order valence-electron chi connectivity index (χ4n) is 2.70. The Morgan fingerprint density at radius 1 is 1.50 bits per heavy atom. The molecule has 2 unspecified atom stereocenters. The predicted molar refractivity (Wildman–Crippen MR) is 71.1 cm³/mol. The van der Waals surface area contributed by atoms with Gasteiger partial charge < -0.3 is 5.32 Å². The smallest absolute Gasteiger partial charge is 0.0479 e. The molecule has 2 nitrogen and oxygen atoms in total. The third kappa shape index (κ3) is 2.31. The molecule has 1 N–H and O–H groups in total. The van der Waals surface area contributed by atoms with Gasteiger partial charge in [0.1, 0.15) is 0 Å². The lowest BCUT2D eigenvalue weighted by molar-refractivity contribution is 0.278. The van der Waals surface area contributed by atoms with Gasteiger partial charge in [-0.15, -0.1) is 11.3 Å². The molecule has 1 aromatic heterocycles. The van der Waals surface area contributed by atoms with Crippen molar-refractivity contribution in [3.63, 3.8) is 0 Å². The Morgan fingerprint density at radius 2 is 2.31 bits per heavy atom. The first-order chi connectivity index (χ1) is 7.76. The van der Waals surface area contributed by atoms with Crippen molar-refractivity contribution in [2.24, 2.45) is 5.92 Å². The predicted octanol–water partition coefficient (Wildman–Crippen LogP) is 2.52. The summed E-state index contributed by atoms with van der Waals surface area (Å²) >= 11 is 1.99. The SMILES string of the molecule is CCc1ccc(C2C(CNC)CCN2C)s1. The molecule has 1 saturated heterocycles. The van der Waals surface area contributed by atoms with Crippen molar-refractivity contribution in [2.45, 2.75) is 25.8 Å². The fraction of sp³-hybridized carbons (Fsp3) is 0.692. The van der Waals surface area contributed by atoms with Gasteiger partial charge in [-0.1, -0.05) is 6.92 Å². The van der Waals surface area contributed by atoms with Crippen LogP contribution in [-0.2, 0) is 6.42 Å². The summed E-state index contributed by atoms with van der Waals surface area (Å²) in [6.07, 6.45) is 2.49. The van der Waals surface area contributed by atoms with Crippen LogP contribution in [0.5, 0.6) is 0 Å². The third-order valence-electron chi connectivity index (χ3n) is 3.56. The average molecular weight is 238 g/mol. The van der Waals surface area contributed by atoms with Crippen LogP contribution < -0.4 is 5.32 Å². The summed E-state index contributed by atoms with van der Waals surface area (Å²) in [5.41, 5.74) is 0. The van der Waals surface area contributed by atoms with E-state index in [-0.39, 0.29) is 0 Å². The van der Waals surface area contributed by atoms with E-state index in [0.29, 0.717) is 6.04 Å². The van der Waals surface area contributed by atoms with Gasteiger partial charge in [0.15, 0.2) is 0 Å². The van der Waals surface area contributed by atoms with E-state index in [2.05, 4.69) is 43.4 Å². The normalized spacial score (nSPS) is 26.4. The van der Waals surface area contributed by atoms with Crippen LogP contribution in [0.15, 0.2) is 12.1 Å². The van der Waals surface area contributed by atoms with Crippen molar-refractivity contribution >= 4 is 11.3 Å². The molecule has 1 fully saturated rings. The lowest BCUT2D eigenvalue weighted by atomic mass is 9.99. The molecule has 90 valence electrons. The molecule has 0 aliphatic carbocycles. The standard InChI is InChI=1S/C13H22N2S/c1-4-11-5-6-12(16-11)13-10(9-14-2)7-8-15(13)3/h5-6,10,13-14H,4,7-9H2,1-3H3. The lowest BCUT2D eigenvalue weighted by Crippen LogP contribution is -2.26. The number of likely N-dealkylation sites (tertiary alicyclic amines) is 1. The van der Waals surface area contributed by atoms with Gasteiger partial charge in [-0.2, -0.15) is 0 Å². The Labute approximate surface area is 103 Å². The minimum Gasteiger partial charge on any atom is -0.319 e. The lowest BCUT2D eigenvalue weighted by Gasteiger charge is -2.23. The van der Waals surface area contributed by atoms with E-state index in [1.807, 2.05) is 11.3 Å². The first-order valence-corrected chi connectivity index (χ1v) is 7.01. The molecule has 1 aromatic rings. The summed E-state index contributed by atoms with van der Waals surface area (Å²) in [5, 5.41) is 3.33. The summed E-state index contributed by atoms with van der Waals surface area (Å²) in [6, 6.07) is 5.26. The zero-order valence-electron chi connectivity index (χ0n) is 10.5. The highest BCUT2D eigenvalue weighted by molar-refractivity contribution is 7.12. The Morgan fingerprint density at radius 3 is 2.94 bits per heavy atom. The zero-order chi connectivity index (χ0) is 11.5. The fourth-order valence-corrected chi connectivity index (χ4v) is 3.91. The Bertz CT molecular complexity index is 332. The quantitative estimate of drug-likeness (QED) is 0.867. The van der Waals surface area contributed by atoms with Gasteiger partial charge in [-0.25, -0.2) is 0 Å². The van der Waals surface area contributed by atoms with Crippen LogP contribution in [0.2, 0.25) is 0 Å². The number of rotatable bonds is 4. The minimum atomic E-state index is 0.637. The number of aryl methyl sites for hydroxylation is 1. The first-order valence-electron chi connectivity index (χ1n) is 6.19. The van der Waals surface area contributed by atoms with Crippen molar-refractivity contribution in [3.05, 3.63) is 21.9 Å². The molecule has 3 heteroatoms. The van der Waals surface area contributed by atoms with E-state index >= 15 is 0 Å². The van der Waals surface area contributed by atoms with E-state index in [0.717, 1.165) is 18.9 Å². The van der Waals surface area contributed by atoms with Gasteiger partial charge in [-0.3, -0.25) is 4.90 Å². The monoisotopic (exact) mass is 238 g/mol. The van der Waals surface area contributed by atoms with E-state index in [4.69, 9.17) is 0 Å². The number of nitrogens with zero attached hydrogens (tertiary/aromatic N) is 1. The first kappa shape index (κ1) is 12.1. The highest BCUT2D eigenvalue weighted by Crippen LogP contribution is 2.38. The summed E-state index contributed by atoms with van der Waals surface area (Å²) in [5.74, 6) is 0.776. The maximum absolute atomic E-state index is 3.33. The zero-order valence-corrected chi connectivity index (χ0v) is 11.3. The van der Waals surface area contributed by atoms with Gasteiger partial charge in [-0.05, 0) is 58.1 Å². The molecule has 0 spiro atoms. The molecular weight excluding hydrogens is 216 g/mol. The largest absolute Gasteiger partial charge is 0.319 e. The van der Waals surface area contributed by atoms with E-state index < -0.39 is 0 Å². The van der Waals surface area contributed by atoms with Crippen LogP contribution in [-0.4, -0.2) is 32.1 Å². The summed E-state index contributed by atoms with van der Waals surface area (Å²) in [6.45, 7) is 4.60. The highest BCUT2D eigenvalue weighted by atomic mass is 32.1. The van der Waals surface area contributed by atoms with E-state index in [1.165, 1.54) is 17.8 Å². The van der Waals surface area contributed by atoms with Gasteiger partial charge in [0.2, 0.25) is 0 Å². The maximum Gasteiger partial charge on any atom is 0.0479 e. The maximum atomic E-state index is 3.33. The second-order valence-electron chi connectivity index (χ2n) is 4.69. The van der Waals surface area contributed by atoms with Crippen molar-refractivity contribution in [1.29, 1.82) is 0 Å². The Hall–Kier alpha value is -0.380. The van der Waals surface area contributed by atoms with Crippen molar-refractivity contribution in [3.8, 4) is 0 Å². The van der Waals surface area contributed by atoms with Crippen LogP contribution in [0, 0.1) is 5.92 Å². The van der Waals surface area contributed by atoms with Gasteiger partial charge in [0.05, 0.1) is 0 Å². The molecule has 0 amide bonds. The van der Waals surface area contributed by atoms with Crippen molar-refractivity contribution < 1.29 is 0 Å². The highest BCUT2D eigenvalue weighted by Gasteiger charge is 2.33. The molecule has 1 aliphatic heterocycles. The average Bonchev–Trinajstić information content (AvgIpc) is 2.86. The number of nitrogens with one attached hydrogen (secondary N) is 1. The summed E-state index contributed by atoms with van der Waals surface area (Å²) in [7, 11) is 4.31. The summed E-state index contributed by atoms with van der Waals surface area (Å²) < 4.78 is 0. The number of hydrogen-bond acceptors (Lipinski definition) is 3. The molecule has 16 heavy (non-hydrogen) atoms. The molecule has 1 aliphatic rings. The molecule has 0 aromatic carbocycles. The molecule has 0 bridgehead atoms. The van der Waals surface area contributed by atoms with Crippen LogP contribution in [0.4, 0.5) is 0 Å². The van der Waals surface area contributed by atoms with E-state index in [9.17, 15) is 0 Å². The molecule has 0 radical (unpaired) electrons. The Kier molecular flexibility index (Phi) is 4.00. The van der Waals surface area contributed by atoms with E-state index in [1.54, 1.807) is 4.88 Å². The number of thiophene rings is 1. The van der Waals surface area contributed by atoms with Gasteiger partial charge >= 0.3 is 0 Å². The van der Waals surface area contributed by atoms with Crippen LogP contribution >= 0.6 is 11.3 Å². The molecule has 0 saturated carbocycles. The Balaban J connectivity index is 2.15. The molecule has 2 heterocycles. The van der Waals surface area contributed by atoms with Gasteiger partial charge in [0.25, 0.3) is 0 Å². The second kappa shape index (κ2) is 5.30. The van der Waals surface area contributed by atoms with Crippen LogP contribution in [0.1, 0.15) is 29.1 Å². The van der Waals surface area contributed by atoms with Crippen LogP contribution in [0.25, 0.3) is 0 Å². The second-order valence-corrected chi connectivity index (χ2v) is 5.89. The van der Waals surface area contributed by atoms with Gasteiger partial charge in [0, 0.05) is 15.8 Å². The number of hydrogen-bond donors (Lipinski definition) is 1.